The molecule has 0 fully saturated rings. The highest BCUT2D eigenvalue weighted by Crippen LogP contribution is 1.95. The highest BCUT2D eigenvalue weighted by Gasteiger charge is 1.96. The summed E-state index contributed by atoms with van der Waals surface area (Å²) in [4.78, 5) is 7.83. The van der Waals surface area contributed by atoms with E-state index in [0.29, 0.717) is 6.54 Å². The van der Waals surface area contributed by atoms with Gasteiger partial charge in [0.15, 0.2) is 0 Å². The van der Waals surface area contributed by atoms with Crippen LogP contribution in [0.25, 0.3) is 0 Å². The zero-order valence-electron chi connectivity index (χ0n) is 7.55. The van der Waals surface area contributed by atoms with E-state index in [1.54, 1.807) is 18.7 Å². The van der Waals surface area contributed by atoms with Crippen LogP contribution >= 0.6 is 0 Å². The Balaban J connectivity index is 1.79. The topological polar surface area (TPSA) is 63.8 Å². The third kappa shape index (κ3) is 2.37. The van der Waals surface area contributed by atoms with Crippen molar-refractivity contribution < 1.29 is 4.52 Å². The Morgan fingerprint density at radius 2 is 2.07 bits per heavy atom. The number of hydrogen-bond donors (Lipinski definition) is 1. The first-order chi connectivity index (χ1) is 6.95. The monoisotopic (exact) mass is 190 g/mol. The van der Waals surface area contributed by atoms with Gasteiger partial charge in [-0.3, -0.25) is 0 Å². The standard InChI is InChI=1S/C9H10N4O/c1-2-14-13-9(1)6-10-3-8-4-11-7-12-5-8/h1-2,4-5,7,10H,3,6H2. The maximum atomic E-state index is 4.70. The molecule has 0 saturated heterocycles. The molecule has 0 aliphatic heterocycles. The van der Waals surface area contributed by atoms with Crippen LogP contribution in [0.1, 0.15) is 11.3 Å². The summed E-state index contributed by atoms with van der Waals surface area (Å²) in [7, 11) is 0. The predicted molar refractivity (Wildman–Crippen MR) is 49.1 cm³/mol. The lowest BCUT2D eigenvalue weighted by atomic mass is 10.3. The summed E-state index contributed by atoms with van der Waals surface area (Å²) in [6.07, 6.45) is 6.63. The van der Waals surface area contributed by atoms with E-state index in [4.69, 9.17) is 4.52 Å². The highest BCUT2D eigenvalue weighted by atomic mass is 16.5. The second-order valence-electron chi connectivity index (χ2n) is 2.84. The van der Waals surface area contributed by atoms with Crippen molar-refractivity contribution in [2.75, 3.05) is 0 Å². The fourth-order valence-corrected chi connectivity index (χ4v) is 1.08. The molecule has 0 radical (unpaired) electrons. The maximum Gasteiger partial charge on any atom is 0.124 e. The molecule has 72 valence electrons. The van der Waals surface area contributed by atoms with Gasteiger partial charge >= 0.3 is 0 Å². The average molecular weight is 190 g/mol. The van der Waals surface area contributed by atoms with Crippen LogP contribution in [-0.2, 0) is 13.1 Å². The van der Waals surface area contributed by atoms with Crippen LogP contribution in [0.2, 0.25) is 0 Å². The molecule has 5 nitrogen and oxygen atoms in total. The van der Waals surface area contributed by atoms with Gasteiger partial charge in [-0.1, -0.05) is 5.16 Å². The van der Waals surface area contributed by atoms with Crippen LogP contribution in [0.4, 0.5) is 0 Å². The summed E-state index contributed by atoms with van der Waals surface area (Å²) in [5.74, 6) is 0. The normalized spacial score (nSPS) is 10.3. The predicted octanol–water partition coefficient (Wildman–Crippen LogP) is 0.754. The first-order valence-electron chi connectivity index (χ1n) is 4.29. The van der Waals surface area contributed by atoms with Crippen LogP contribution in [0.3, 0.4) is 0 Å². The minimum Gasteiger partial charge on any atom is -0.364 e. The Labute approximate surface area is 81.2 Å². The van der Waals surface area contributed by atoms with Gasteiger partial charge in [0.05, 0.1) is 5.69 Å². The summed E-state index contributed by atoms with van der Waals surface area (Å²) >= 11 is 0. The van der Waals surface area contributed by atoms with Crippen molar-refractivity contribution >= 4 is 0 Å². The minimum absolute atomic E-state index is 0.686. The van der Waals surface area contributed by atoms with Gasteiger partial charge in [-0.15, -0.1) is 0 Å². The minimum atomic E-state index is 0.686. The molecule has 14 heavy (non-hydrogen) atoms. The van der Waals surface area contributed by atoms with E-state index in [1.807, 2.05) is 6.07 Å². The van der Waals surface area contributed by atoms with Gasteiger partial charge < -0.3 is 9.84 Å². The molecule has 0 saturated carbocycles. The van der Waals surface area contributed by atoms with Gasteiger partial charge in [0.2, 0.25) is 0 Å². The molecule has 0 amide bonds. The molecule has 0 aliphatic rings. The first-order valence-corrected chi connectivity index (χ1v) is 4.29. The van der Waals surface area contributed by atoms with E-state index in [-0.39, 0.29) is 0 Å². The van der Waals surface area contributed by atoms with Gasteiger partial charge in [-0.25, -0.2) is 9.97 Å². The molecule has 2 rings (SSSR count). The molecule has 0 spiro atoms. The zero-order valence-corrected chi connectivity index (χ0v) is 7.55. The third-order valence-corrected chi connectivity index (χ3v) is 1.74. The molecule has 0 unspecified atom stereocenters. The molecule has 0 bridgehead atoms. The van der Waals surface area contributed by atoms with Crippen molar-refractivity contribution in [3.05, 3.63) is 42.3 Å². The molecule has 5 heteroatoms. The second-order valence-corrected chi connectivity index (χ2v) is 2.84. The Bertz CT molecular complexity index is 360. The Kier molecular flexibility index (Phi) is 2.82. The summed E-state index contributed by atoms with van der Waals surface area (Å²) in [5, 5.41) is 6.98. The van der Waals surface area contributed by atoms with Gasteiger partial charge in [0, 0.05) is 37.1 Å². The van der Waals surface area contributed by atoms with Crippen molar-refractivity contribution in [1.82, 2.24) is 20.4 Å². The van der Waals surface area contributed by atoms with Crippen molar-refractivity contribution in [2.45, 2.75) is 13.1 Å². The number of rotatable bonds is 4. The first kappa shape index (κ1) is 8.83. The summed E-state index contributed by atoms with van der Waals surface area (Å²) in [6.45, 7) is 1.42. The molecule has 2 aromatic heterocycles. The molecule has 2 aromatic rings. The second kappa shape index (κ2) is 4.48. The van der Waals surface area contributed by atoms with E-state index in [2.05, 4.69) is 20.4 Å². The van der Waals surface area contributed by atoms with Crippen LogP contribution in [-0.4, -0.2) is 15.1 Å². The molecule has 2 heterocycles. The van der Waals surface area contributed by atoms with Gasteiger partial charge in [-0.2, -0.15) is 0 Å². The zero-order chi connectivity index (χ0) is 9.64. The van der Waals surface area contributed by atoms with Gasteiger partial charge in [0.1, 0.15) is 12.6 Å². The fraction of sp³-hybridized carbons (Fsp3) is 0.222. The average Bonchev–Trinajstić information content (AvgIpc) is 2.72. The largest absolute Gasteiger partial charge is 0.364 e. The molecule has 0 aliphatic carbocycles. The lowest BCUT2D eigenvalue weighted by molar-refractivity contribution is 0.408. The Hall–Kier alpha value is -1.75. The van der Waals surface area contributed by atoms with Gasteiger partial charge in [0.25, 0.3) is 0 Å². The SMILES string of the molecule is c1ncc(CNCc2ccon2)cn1. The maximum absolute atomic E-state index is 4.70. The molecule has 0 aromatic carbocycles. The van der Waals surface area contributed by atoms with Crippen LogP contribution in [0, 0.1) is 0 Å². The summed E-state index contributed by atoms with van der Waals surface area (Å²) < 4.78 is 4.70. The van der Waals surface area contributed by atoms with E-state index in [0.717, 1.165) is 17.8 Å². The summed E-state index contributed by atoms with van der Waals surface area (Å²) in [6, 6.07) is 1.83. The molecular weight excluding hydrogens is 180 g/mol. The van der Waals surface area contributed by atoms with E-state index in [9.17, 15) is 0 Å². The Morgan fingerprint density at radius 3 is 2.79 bits per heavy atom. The smallest absolute Gasteiger partial charge is 0.124 e. The Morgan fingerprint density at radius 1 is 1.21 bits per heavy atom. The van der Waals surface area contributed by atoms with E-state index >= 15 is 0 Å². The number of hydrogen-bond acceptors (Lipinski definition) is 5. The van der Waals surface area contributed by atoms with Crippen molar-refractivity contribution in [2.24, 2.45) is 0 Å². The number of nitrogens with zero attached hydrogens (tertiary/aromatic N) is 3. The van der Waals surface area contributed by atoms with Gasteiger partial charge in [-0.05, 0) is 0 Å². The van der Waals surface area contributed by atoms with Crippen molar-refractivity contribution in [1.29, 1.82) is 0 Å². The van der Waals surface area contributed by atoms with E-state index in [1.165, 1.54) is 6.33 Å². The lowest BCUT2D eigenvalue weighted by Crippen LogP contribution is -2.13. The van der Waals surface area contributed by atoms with Crippen molar-refractivity contribution in [3.63, 3.8) is 0 Å². The van der Waals surface area contributed by atoms with Crippen LogP contribution in [0.5, 0.6) is 0 Å². The van der Waals surface area contributed by atoms with E-state index < -0.39 is 0 Å². The van der Waals surface area contributed by atoms with Crippen LogP contribution < -0.4 is 5.32 Å². The summed E-state index contributed by atoms with van der Waals surface area (Å²) in [5.41, 5.74) is 1.94. The molecular formula is C9H10N4O. The molecule has 0 atom stereocenters. The fourth-order valence-electron chi connectivity index (χ4n) is 1.08. The highest BCUT2D eigenvalue weighted by molar-refractivity contribution is 5.02. The van der Waals surface area contributed by atoms with Crippen LogP contribution in [0.15, 0.2) is 35.6 Å². The number of nitrogens with one attached hydrogen (secondary N) is 1. The third-order valence-electron chi connectivity index (χ3n) is 1.74. The number of aromatic nitrogens is 3. The quantitative estimate of drug-likeness (QED) is 0.770. The lowest BCUT2D eigenvalue weighted by Gasteiger charge is -2.00. The molecule has 1 N–H and O–H groups in total. The van der Waals surface area contributed by atoms with Crippen molar-refractivity contribution in [3.8, 4) is 0 Å².